The van der Waals surface area contributed by atoms with Crippen LogP contribution in [0.1, 0.15) is 21.8 Å². The van der Waals surface area contributed by atoms with E-state index in [1.165, 1.54) is 22.6 Å². The van der Waals surface area contributed by atoms with Gasteiger partial charge in [-0.25, -0.2) is 14.4 Å². The van der Waals surface area contributed by atoms with Crippen molar-refractivity contribution in [2.45, 2.75) is 27.3 Å². The second-order valence-electron chi connectivity index (χ2n) is 5.06. The number of nitrogens with zero attached hydrogens (tertiary/aromatic N) is 2. The van der Waals surface area contributed by atoms with E-state index in [1.807, 2.05) is 6.92 Å². The molecule has 0 aliphatic rings. The van der Waals surface area contributed by atoms with Gasteiger partial charge in [0.1, 0.15) is 22.3 Å². The van der Waals surface area contributed by atoms with Crippen molar-refractivity contribution in [3.63, 3.8) is 0 Å². The van der Waals surface area contributed by atoms with E-state index in [2.05, 4.69) is 29.1 Å². The molecule has 0 saturated heterocycles. The fourth-order valence-electron chi connectivity index (χ4n) is 2.27. The van der Waals surface area contributed by atoms with Gasteiger partial charge < -0.3 is 5.32 Å². The molecule has 21 heavy (non-hydrogen) atoms. The molecule has 0 spiro atoms. The minimum absolute atomic E-state index is 0.219. The molecule has 5 heteroatoms. The monoisotopic (exact) mass is 301 g/mol. The summed E-state index contributed by atoms with van der Waals surface area (Å²) in [4.78, 5) is 11.3. The number of hydrogen-bond donors (Lipinski definition) is 1. The van der Waals surface area contributed by atoms with Gasteiger partial charge in [0.25, 0.3) is 0 Å². The molecule has 0 atom stereocenters. The van der Waals surface area contributed by atoms with Crippen molar-refractivity contribution < 1.29 is 4.39 Å². The fraction of sp³-hybridized carbons (Fsp3) is 0.250. The van der Waals surface area contributed by atoms with Crippen molar-refractivity contribution in [1.29, 1.82) is 0 Å². The van der Waals surface area contributed by atoms with Crippen LogP contribution in [-0.2, 0) is 6.54 Å². The first-order valence-corrected chi connectivity index (χ1v) is 7.59. The number of fused-ring (bicyclic) bond motifs is 1. The van der Waals surface area contributed by atoms with Gasteiger partial charge in [-0.15, -0.1) is 11.3 Å². The molecule has 2 heterocycles. The van der Waals surface area contributed by atoms with Gasteiger partial charge in [-0.3, -0.25) is 0 Å². The number of rotatable bonds is 3. The molecule has 108 valence electrons. The van der Waals surface area contributed by atoms with Gasteiger partial charge in [-0.2, -0.15) is 0 Å². The zero-order chi connectivity index (χ0) is 15.0. The number of anilines is 1. The predicted octanol–water partition coefficient (Wildman–Crippen LogP) is 4.37. The van der Waals surface area contributed by atoms with Gasteiger partial charge >= 0.3 is 0 Å². The summed E-state index contributed by atoms with van der Waals surface area (Å²) in [5.74, 6) is 1.39. The third kappa shape index (κ3) is 2.74. The number of thiophene rings is 1. The molecule has 0 saturated carbocycles. The third-order valence-corrected chi connectivity index (χ3v) is 4.61. The number of aryl methyl sites for hydroxylation is 3. The van der Waals surface area contributed by atoms with E-state index in [0.717, 1.165) is 27.4 Å². The summed E-state index contributed by atoms with van der Waals surface area (Å²) < 4.78 is 12.9. The molecule has 0 amide bonds. The highest BCUT2D eigenvalue weighted by Crippen LogP contribution is 2.33. The molecular formula is C16H16FN3S. The van der Waals surface area contributed by atoms with Crippen molar-refractivity contribution >= 4 is 27.4 Å². The molecule has 0 unspecified atom stereocenters. The first kappa shape index (κ1) is 13.9. The molecule has 1 aromatic carbocycles. The SMILES string of the molecule is Cc1nc(NCc2ccc(F)cc2)c2c(C)c(C)sc2n1. The Bertz CT molecular complexity index is 793. The molecule has 0 radical (unpaired) electrons. The number of nitrogens with one attached hydrogen (secondary N) is 1. The minimum atomic E-state index is -0.219. The van der Waals surface area contributed by atoms with E-state index in [-0.39, 0.29) is 5.82 Å². The number of benzene rings is 1. The third-order valence-electron chi connectivity index (χ3n) is 3.51. The van der Waals surface area contributed by atoms with E-state index in [0.29, 0.717) is 6.54 Å². The van der Waals surface area contributed by atoms with Crippen LogP contribution in [-0.4, -0.2) is 9.97 Å². The molecular weight excluding hydrogens is 285 g/mol. The van der Waals surface area contributed by atoms with Crippen molar-refractivity contribution in [1.82, 2.24) is 9.97 Å². The lowest BCUT2D eigenvalue weighted by atomic mass is 10.2. The normalized spacial score (nSPS) is 11.0. The van der Waals surface area contributed by atoms with E-state index in [4.69, 9.17) is 0 Å². The maximum atomic E-state index is 12.9. The fourth-order valence-corrected chi connectivity index (χ4v) is 3.35. The van der Waals surface area contributed by atoms with Crippen LogP contribution in [0.25, 0.3) is 10.2 Å². The Morgan fingerprint density at radius 2 is 1.81 bits per heavy atom. The summed E-state index contributed by atoms with van der Waals surface area (Å²) in [6.07, 6.45) is 0. The zero-order valence-corrected chi connectivity index (χ0v) is 13.0. The highest BCUT2D eigenvalue weighted by Gasteiger charge is 2.13. The Morgan fingerprint density at radius 1 is 1.10 bits per heavy atom. The maximum absolute atomic E-state index is 12.9. The Hall–Kier alpha value is -2.01. The van der Waals surface area contributed by atoms with Crippen LogP contribution < -0.4 is 5.32 Å². The summed E-state index contributed by atoms with van der Waals surface area (Å²) in [5, 5.41) is 4.44. The van der Waals surface area contributed by atoms with Crippen LogP contribution in [0.4, 0.5) is 10.2 Å². The van der Waals surface area contributed by atoms with Gasteiger partial charge in [0.15, 0.2) is 0 Å². The Kier molecular flexibility index (Phi) is 3.59. The van der Waals surface area contributed by atoms with Crippen LogP contribution in [0.3, 0.4) is 0 Å². The Morgan fingerprint density at radius 3 is 2.52 bits per heavy atom. The molecule has 0 aliphatic heterocycles. The number of hydrogen-bond acceptors (Lipinski definition) is 4. The average molecular weight is 301 g/mol. The van der Waals surface area contributed by atoms with Crippen LogP contribution in [0.15, 0.2) is 24.3 Å². The largest absolute Gasteiger partial charge is 0.365 e. The quantitative estimate of drug-likeness (QED) is 0.780. The standard InChI is InChI=1S/C16H16FN3S/c1-9-10(2)21-16-14(9)15(19-11(3)20-16)18-8-12-4-6-13(17)7-5-12/h4-7H,8H2,1-3H3,(H,18,19,20). The molecule has 2 aromatic heterocycles. The summed E-state index contributed by atoms with van der Waals surface area (Å²) in [6.45, 7) is 6.70. The van der Waals surface area contributed by atoms with Crippen LogP contribution in [0.2, 0.25) is 0 Å². The Balaban J connectivity index is 1.94. The maximum Gasteiger partial charge on any atom is 0.139 e. The summed E-state index contributed by atoms with van der Waals surface area (Å²) in [6, 6.07) is 6.49. The van der Waals surface area contributed by atoms with Crippen molar-refractivity contribution in [3.05, 3.63) is 51.9 Å². The van der Waals surface area contributed by atoms with Crippen LogP contribution in [0, 0.1) is 26.6 Å². The molecule has 0 bridgehead atoms. The lowest BCUT2D eigenvalue weighted by Gasteiger charge is -2.08. The topological polar surface area (TPSA) is 37.8 Å². The molecule has 0 fully saturated rings. The number of halogens is 1. The average Bonchev–Trinajstić information content (AvgIpc) is 2.73. The zero-order valence-electron chi connectivity index (χ0n) is 12.2. The van der Waals surface area contributed by atoms with Crippen LogP contribution in [0.5, 0.6) is 0 Å². The van der Waals surface area contributed by atoms with Gasteiger partial charge in [0, 0.05) is 11.4 Å². The first-order chi connectivity index (χ1) is 10.0. The molecule has 3 rings (SSSR count). The van der Waals surface area contributed by atoms with Gasteiger partial charge in [0.2, 0.25) is 0 Å². The number of aromatic nitrogens is 2. The van der Waals surface area contributed by atoms with E-state index < -0.39 is 0 Å². The molecule has 3 nitrogen and oxygen atoms in total. The van der Waals surface area contributed by atoms with E-state index >= 15 is 0 Å². The van der Waals surface area contributed by atoms with Crippen molar-refractivity contribution in [3.8, 4) is 0 Å². The molecule has 3 aromatic rings. The van der Waals surface area contributed by atoms with Gasteiger partial charge in [-0.1, -0.05) is 12.1 Å². The van der Waals surface area contributed by atoms with Gasteiger partial charge in [-0.05, 0) is 44.0 Å². The van der Waals surface area contributed by atoms with Crippen molar-refractivity contribution in [2.24, 2.45) is 0 Å². The first-order valence-electron chi connectivity index (χ1n) is 6.77. The predicted molar refractivity (Wildman–Crippen MR) is 85.4 cm³/mol. The molecule has 0 aliphatic carbocycles. The van der Waals surface area contributed by atoms with Crippen LogP contribution >= 0.6 is 11.3 Å². The summed E-state index contributed by atoms with van der Waals surface area (Å²) >= 11 is 1.69. The molecule has 1 N–H and O–H groups in total. The highest BCUT2D eigenvalue weighted by molar-refractivity contribution is 7.18. The van der Waals surface area contributed by atoms with Crippen molar-refractivity contribution in [2.75, 3.05) is 5.32 Å². The Labute approximate surface area is 126 Å². The van der Waals surface area contributed by atoms with Gasteiger partial charge in [0.05, 0.1) is 5.39 Å². The summed E-state index contributed by atoms with van der Waals surface area (Å²) in [5.41, 5.74) is 2.24. The highest BCUT2D eigenvalue weighted by atomic mass is 32.1. The van der Waals surface area contributed by atoms with E-state index in [1.54, 1.807) is 23.5 Å². The summed E-state index contributed by atoms with van der Waals surface area (Å²) in [7, 11) is 0. The second kappa shape index (κ2) is 5.41. The lowest BCUT2D eigenvalue weighted by molar-refractivity contribution is 0.627. The second-order valence-corrected chi connectivity index (χ2v) is 6.27. The minimum Gasteiger partial charge on any atom is -0.365 e. The van der Waals surface area contributed by atoms with E-state index in [9.17, 15) is 4.39 Å². The lowest BCUT2D eigenvalue weighted by Crippen LogP contribution is -2.04. The smallest absolute Gasteiger partial charge is 0.139 e.